The third-order valence-corrected chi connectivity index (χ3v) is 7.93. The summed E-state index contributed by atoms with van der Waals surface area (Å²) in [6, 6.07) is 9.77. The summed E-state index contributed by atoms with van der Waals surface area (Å²) in [6.45, 7) is 2.80. The average molecular weight is 623 g/mol. The first kappa shape index (κ1) is 32.7. The Balaban J connectivity index is 0.00000169. The molecule has 5 rings (SSSR count). The van der Waals surface area contributed by atoms with E-state index in [1.165, 1.54) is 11.8 Å². The van der Waals surface area contributed by atoms with Crippen LogP contribution in [0.3, 0.4) is 0 Å². The molecule has 2 aliphatic rings. The number of benzene rings is 1. The summed E-state index contributed by atoms with van der Waals surface area (Å²) in [5, 5.41) is 18.7. The van der Waals surface area contributed by atoms with Crippen molar-refractivity contribution in [2.24, 2.45) is 0 Å². The molecule has 1 saturated heterocycles. The zero-order valence-corrected chi connectivity index (χ0v) is 24.7. The quantitative estimate of drug-likeness (QED) is 0.357. The van der Waals surface area contributed by atoms with Gasteiger partial charge in [-0.25, -0.2) is 4.98 Å². The summed E-state index contributed by atoms with van der Waals surface area (Å²) < 4.78 is 5.38. The van der Waals surface area contributed by atoms with E-state index < -0.39 is 6.10 Å². The molecule has 0 aliphatic carbocycles. The van der Waals surface area contributed by atoms with Crippen molar-refractivity contribution in [2.45, 2.75) is 36.4 Å². The Labute approximate surface area is 249 Å². The summed E-state index contributed by atoms with van der Waals surface area (Å²) in [7, 11) is 1.65. The smallest absolute Gasteiger partial charge is 0.235 e. The standard InChI is InChI=1S/C25H28ClN5O3S.3ClH/c1-34-16-3-4-20-18(10-16)17(19(26)12-28-20)6-8-31-9-7-21(22(32)13-31)27-11-15-2-5-23-25(29-15)30-24(33)14-35-23;;;/h2-5,10,12,21-22,27,32H,6-9,11,13-14H2,1H3,(H,29,30,33);3*1H/t21-,22-;;;/m1.../s1. The molecule has 13 heteroatoms. The predicted molar refractivity (Wildman–Crippen MR) is 160 cm³/mol. The maximum atomic E-state index is 11.6. The van der Waals surface area contributed by atoms with Gasteiger partial charge in [-0.05, 0) is 55.3 Å². The zero-order chi connectivity index (χ0) is 24.4. The number of hydrogen-bond donors (Lipinski definition) is 3. The molecule has 0 spiro atoms. The van der Waals surface area contributed by atoms with Crippen LogP contribution in [0.5, 0.6) is 5.75 Å². The van der Waals surface area contributed by atoms with Crippen LogP contribution in [0, 0.1) is 0 Å². The van der Waals surface area contributed by atoms with E-state index in [1.54, 1.807) is 13.3 Å². The lowest BCUT2D eigenvalue weighted by Gasteiger charge is -2.36. The van der Waals surface area contributed by atoms with Crippen LogP contribution in [0.25, 0.3) is 10.9 Å². The Morgan fingerprint density at radius 2 is 2.08 bits per heavy atom. The lowest BCUT2D eigenvalue weighted by molar-refractivity contribution is -0.113. The molecule has 2 aliphatic heterocycles. The van der Waals surface area contributed by atoms with Crippen molar-refractivity contribution in [3.05, 3.63) is 52.8 Å². The lowest BCUT2D eigenvalue weighted by atomic mass is 10.00. The number of thioether (sulfide) groups is 1. The third kappa shape index (κ3) is 7.55. The Morgan fingerprint density at radius 1 is 1.26 bits per heavy atom. The number of likely N-dealkylation sites (tertiary alicyclic amines) is 1. The number of carbonyl (C=O) groups is 1. The number of methoxy groups -OCH3 is 1. The van der Waals surface area contributed by atoms with Gasteiger partial charge in [0.25, 0.3) is 0 Å². The van der Waals surface area contributed by atoms with Gasteiger partial charge in [0, 0.05) is 37.3 Å². The van der Waals surface area contributed by atoms with Gasteiger partial charge in [-0.3, -0.25) is 9.78 Å². The topological polar surface area (TPSA) is 99.6 Å². The van der Waals surface area contributed by atoms with Gasteiger partial charge in [0.2, 0.25) is 5.91 Å². The highest BCUT2D eigenvalue weighted by molar-refractivity contribution is 8.00. The first-order valence-corrected chi connectivity index (χ1v) is 13.0. The monoisotopic (exact) mass is 621 g/mol. The Morgan fingerprint density at radius 3 is 2.84 bits per heavy atom. The van der Waals surface area contributed by atoms with E-state index in [9.17, 15) is 9.90 Å². The van der Waals surface area contributed by atoms with Crippen LogP contribution >= 0.6 is 60.6 Å². The normalized spacial score (nSPS) is 18.9. The lowest BCUT2D eigenvalue weighted by Crippen LogP contribution is -2.52. The number of aromatic nitrogens is 2. The largest absolute Gasteiger partial charge is 0.497 e. The zero-order valence-electron chi connectivity index (χ0n) is 20.7. The minimum Gasteiger partial charge on any atom is -0.497 e. The number of rotatable bonds is 7. The minimum atomic E-state index is -0.485. The summed E-state index contributed by atoms with van der Waals surface area (Å²) >= 11 is 8.01. The number of ether oxygens (including phenoxy) is 1. The van der Waals surface area contributed by atoms with E-state index in [1.807, 2.05) is 30.3 Å². The molecule has 4 heterocycles. The number of nitrogens with one attached hydrogen (secondary N) is 2. The number of halogens is 4. The van der Waals surface area contributed by atoms with Crippen LogP contribution in [-0.4, -0.2) is 70.5 Å². The van der Waals surface area contributed by atoms with Gasteiger partial charge in [-0.2, -0.15) is 0 Å². The molecule has 0 unspecified atom stereocenters. The van der Waals surface area contributed by atoms with Crippen LogP contribution in [0.4, 0.5) is 5.82 Å². The molecule has 8 nitrogen and oxygen atoms in total. The molecule has 1 aromatic carbocycles. The number of piperidine rings is 1. The van der Waals surface area contributed by atoms with Crippen LogP contribution in [0.15, 0.2) is 41.4 Å². The van der Waals surface area contributed by atoms with Crippen LogP contribution in [-0.2, 0) is 17.8 Å². The summed E-state index contributed by atoms with van der Waals surface area (Å²) in [5.74, 6) is 1.80. The van der Waals surface area contributed by atoms with Gasteiger partial charge in [0.1, 0.15) is 11.6 Å². The molecular weight excluding hydrogens is 592 g/mol. The molecule has 3 aromatic rings. The van der Waals surface area contributed by atoms with Gasteiger partial charge in [0.05, 0.1) is 40.1 Å². The van der Waals surface area contributed by atoms with Crippen LogP contribution in [0.1, 0.15) is 17.7 Å². The van der Waals surface area contributed by atoms with Gasteiger partial charge >= 0.3 is 0 Å². The first-order valence-electron chi connectivity index (χ1n) is 11.7. The number of nitrogens with zero attached hydrogens (tertiary/aromatic N) is 3. The second kappa shape index (κ2) is 14.7. The Kier molecular flexibility index (Phi) is 12.6. The molecule has 3 N–H and O–H groups in total. The number of anilines is 1. The summed E-state index contributed by atoms with van der Waals surface area (Å²) in [6.07, 6.45) is 2.81. The molecule has 208 valence electrons. The molecular formula is C25H31Cl4N5O3S. The highest BCUT2D eigenvalue weighted by Crippen LogP contribution is 2.30. The number of aliphatic hydroxyl groups excluding tert-OH is 1. The predicted octanol–water partition coefficient (Wildman–Crippen LogP) is 4.37. The third-order valence-electron chi connectivity index (χ3n) is 6.56. The number of amides is 1. The maximum absolute atomic E-state index is 11.6. The van der Waals surface area contributed by atoms with Crippen LogP contribution in [0.2, 0.25) is 5.02 Å². The SMILES string of the molecule is COc1ccc2ncc(Cl)c(CCN3CC[C@@H](NCc4ccc5c(n4)NC(=O)CS5)[C@H](O)C3)c2c1.Cl.Cl.Cl. The van der Waals surface area contributed by atoms with Crippen molar-refractivity contribution in [3.8, 4) is 5.75 Å². The first-order chi connectivity index (χ1) is 17.0. The molecule has 2 aromatic heterocycles. The number of carbonyl (C=O) groups excluding carboxylic acids is 1. The fourth-order valence-electron chi connectivity index (χ4n) is 4.63. The molecule has 1 amide bonds. The molecule has 0 saturated carbocycles. The average Bonchev–Trinajstić information content (AvgIpc) is 2.87. The Bertz CT molecular complexity index is 1260. The highest BCUT2D eigenvalue weighted by Gasteiger charge is 2.27. The molecule has 38 heavy (non-hydrogen) atoms. The van der Waals surface area contributed by atoms with Crippen molar-refractivity contribution in [3.63, 3.8) is 0 Å². The van der Waals surface area contributed by atoms with E-state index in [4.69, 9.17) is 16.3 Å². The Hall–Kier alpha value is -1.56. The van der Waals surface area contributed by atoms with Crippen molar-refractivity contribution >= 4 is 83.2 Å². The van der Waals surface area contributed by atoms with Gasteiger partial charge in [-0.15, -0.1) is 49.0 Å². The highest BCUT2D eigenvalue weighted by atomic mass is 35.5. The van der Waals surface area contributed by atoms with Gasteiger partial charge in [-0.1, -0.05) is 11.6 Å². The second-order valence-electron chi connectivity index (χ2n) is 8.85. The fraction of sp³-hybridized carbons (Fsp3) is 0.400. The number of β-amino-alcohol motifs (C(OH)–C–C–N with tert-alkyl or cyclic N) is 1. The van der Waals surface area contributed by atoms with E-state index >= 15 is 0 Å². The minimum absolute atomic E-state index is 0. The second-order valence-corrected chi connectivity index (χ2v) is 10.3. The van der Waals surface area contributed by atoms with E-state index in [-0.39, 0.29) is 49.2 Å². The van der Waals surface area contributed by atoms with E-state index in [2.05, 4.69) is 25.5 Å². The molecule has 0 radical (unpaired) electrons. The van der Waals surface area contributed by atoms with Gasteiger partial charge < -0.3 is 25.4 Å². The maximum Gasteiger partial charge on any atom is 0.235 e. The van der Waals surface area contributed by atoms with E-state index in [0.29, 0.717) is 29.7 Å². The van der Waals surface area contributed by atoms with Crippen molar-refractivity contribution in [2.75, 3.05) is 37.8 Å². The van der Waals surface area contributed by atoms with Crippen molar-refractivity contribution < 1.29 is 14.6 Å². The summed E-state index contributed by atoms with van der Waals surface area (Å²) in [4.78, 5) is 23.9. The van der Waals surface area contributed by atoms with Crippen molar-refractivity contribution in [1.82, 2.24) is 20.2 Å². The number of hydrogen-bond acceptors (Lipinski definition) is 8. The van der Waals surface area contributed by atoms with Crippen molar-refractivity contribution in [1.29, 1.82) is 0 Å². The number of pyridine rings is 2. The molecule has 1 fully saturated rings. The van der Waals surface area contributed by atoms with E-state index in [0.717, 1.165) is 58.7 Å². The molecule has 2 atom stereocenters. The molecule has 0 bridgehead atoms. The van der Waals surface area contributed by atoms with Gasteiger partial charge in [0.15, 0.2) is 0 Å². The summed E-state index contributed by atoms with van der Waals surface area (Å²) in [5.41, 5.74) is 2.78. The van der Waals surface area contributed by atoms with Crippen LogP contribution < -0.4 is 15.4 Å². The number of fused-ring (bicyclic) bond motifs is 2. The fourth-order valence-corrected chi connectivity index (χ4v) is 5.63. The number of aliphatic hydroxyl groups is 1.